The molecule has 1 fully saturated rings. The van der Waals surface area contributed by atoms with E-state index >= 15 is 0 Å². The highest BCUT2D eigenvalue weighted by Gasteiger charge is 2.36. The number of hydrogen-bond acceptors (Lipinski definition) is 5. The van der Waals surface area contributed by atoms with Crippen LogP contribution < -0.4 is 14.2 Å². The number of benzene rings is 4. The Bertz CT molecular complexity index is 1510. The normalized spacial score (nSPS) is 16.0. The molecule has 1 aliphatic heterocycles. The van der Waals surface area contributed by atoms with Gasteiger partial charge in [0.15, 0.2) is 0 Å². The Morgan fingerprint density at radius 2 is 1.49 bits per heavy atom. The van der Waals surface area contributed by atoms with Gasteiger partial charge in [0, 0.05) is 33.0 Å². The molecular weight excluding hydrogens is 544 g/mol. The van der Waals surface area contributed by atoms with Gasteiger partial charge in [0.1, 0.15) is 23.0 Å². The lowest BCUT2D eigenvalue weighted by molar-refractivity contribution is -0.153. The number of hydrogen-bond donors (Lipinski definition) is 1. The summed E-state index contributed by atoms with van der Waals surface area (Å²) in [6.45, 7) is 3.12. The largest absolute Gasteiger partial charge is 0.494 e. The smallest absolute Gasteiger partial charge is 0.348 e. The van der Waals surface area contributed by atoms with Crippen molar-refractivity contribution in [3.8, 4) is 23.0 Å². The fourth-order valence-electron chi connectivity index (χ4n) is 5.11. The van der Waals surface area contributed by atoms with Gasteiger partial charge in [0.05, 0.1) is 12.6 Å². The molecule has 0 radical (unpaired) electrons. The molecule has 0 saturated carbocycles. The number of likely N-dealkylation sites (N-methyl/N-ethyl adjacent to an activating group) is 1. The molecule has 1 heterocycles. The minimum atomic E-state index is -1.41. The Morgan fingerprint density at radius 1 is 0.837 bits per heavy atom. The zero-order valence-electron chi connectivity index (χ0n) is 24.4. The summed E-state index contributed by atoms with van der Waals surface area (Å²) in [6.07, 6.45) is 0.878. The second-order valence-electron chi connectivity index (χ2n) is 10.9. The molecule has 0 aromatic heterocycles. The van der Waals surface area contributed by atoms with Crippen molar-refractivity contribution in [1.29, 1.82) is 0 Å². The third-order valence-electron chi connectivity index (χ3n) is 7.53. The molecule has 1 saturated heterocycles. The number of amides is 2. The number of carboxylic acids is 1. The van der Waals surface area contributed by atoms with Crippen molar-refractivity contribution in [3.63, 3.8) is 0 Å². The van der Waals surface area contributed by atoms with E-state index in [-0.39, 0.29) is 18.5 Å². The number of carboxylic acid groups (broad SMARTS) is 1. The summed E-state index contributed by atoms with van der Waals surface area (Å²) in [4.78, 5) is 28.6. The van der Waals surface area contributed by atoms with Crippen LogP contribution in [-0.4, -0.2) is 58.7 Å². The van der Waals surface area contributed by atoms with Gasteiger partial charge in [-0.2, -0.15) is 0 Å². The van der Waals surface area contributed by atoms with E-state index < -0.39 is 11.6 Å². The number of aliphatic carboxylic acids is 1. The van der Waals surface area contributed by atoms with Crippen LogP contribution in [0.2, 0.25) is 0 Å². The third kappa shape index (κ3) is 7.65. The SMILES string of the molecule is CN1C(=O)N(Cc2cccc(Oc3ccccc3)c2)CC1CCOc1ccc(C[C@](C)(Oc2ccccc2)C(=O)O)cc1. The van der Waals surface area contributed by atoms with Crippen molar-refractivity contribution < 1.29 is 28.9 Å². The Labute approximate surface area is 252 Å². The molecule has 0 bridgehead atoms. The zero-order valence-corrected chi connectivity index (χ0v) is 24.4. The molecule has 222 valence electrons. The van der Waals surface area contributed by atoms with Gasteiger partial charge in [0.25, 0.3) is 0 Å². The van der Waals surface area contributed by atoms with Crippen LogP contribution in [0.25, 0.3) is 0 Å². The van der Waals surface area contributed by atoms with Gasteiger partial charge in [-0.25, -0.2) is 9.59 Å². The van der Waals surface area contributed by atoms with Crippen molar-refractivity contribution in [3.05, 3.63) is 120 Å². The summed E-state index contributed by atoms with van der Waals surface area (Å²) in [5.41, 5.74) is 0.411. The third-order valence-corrected chi connectivity index (χ3v) is 7.53. The summed E-state index contributed by atoms with van der Waals surface area (Å²) < 4.78 is 17.8. The number of urea groups is 1. The molecule has 0 aliphatic carbocycles. The molecule has 0 spiro atoms. The molecule has 8 nitrogen and oxygen atoms in total. The van der Waals surface area contributed by atoms with Crippen LogP contribution in [0.5, 0.6) is 23.0 Å². The van der Waals surface area contributed by atoms with Crippen molar-refractivity contribution >= 4 is 12.0 Å². The van der Waals surface area contributed by atoms with E-state index in [1.165, 1.54) is 0 Å². The van der Waals surface area contributed by atoms with E-state index in [1.807, 2.05) is 109 Å². The molecule has 8 heteroatoms. The van der Waals surface area contributed by atoms with Crippen LogP contribution >= 0.6 is 0 Å². The first-order valence-corrected chi connectivity index (χ1v) is 14.3. The van der Waals surface area contributed by atoms with Crippen LogP contribution in [-0.2, 0) is 17.8 Å². The number of carbonyl (C=O) groups excluding carboxylic acids is 1. The summed E-state index contributed by atoms with van der Waals surface area (Å²) in [6, 6.07) is 33.8. The van der Waals surface area contributed by atoms with E-state index in [0.717, 1.165) is 22.6 Å². The molecule has 4 aromatic rings. The number of carbonyl (C=O) groups is 2. The van der Waals surface area contributed by atoms with E-state index in [4.69, 9.17) is 14.2 Å². The standard InChI is InChI=1S/C35H36N2O6/c1-35(33(38)39,43-31-13-7-4-8-14-31)23-26-16-18-29(19-17-26)41-21-20-28-25-37(34(40)36(28)2)24-27-10-9-15-32(22-27)42-30-11-5-3-6-12-30/h3-19,22,28H,20-21,23-25H2,1-2H3,(H,38,39)/t28?,35-/m0/s1. The predicted molar refractivity (Wildman–Crippen MR) is 164 cm³/mol. The summed E-state index contributed by atoms with van der Waals surface area (Å²) in [5, 5.41) is 9.85. The molecule has 1 unspecified atom stereocenters. The Kier molecular flexibility index (Phi) is 9.15. The highest BCUT2D eigenvalue weighted by atomic mass is 16.5. The highest BCUT2D eigenvalue weighted by molar-refractivity contribution is 5.78. The van der Waals surface area contributed by atoms with Gasteiger partial charge >= 0.3 is 12.0 Å². The maximum Gasteiger partial charge on any atom is 0.348 e. The molecule has 1 aliphatic rings. The molecule has 2 amide bonds. The quantitative estimate of drug-likeness (QED) is 0.191. The van der Waals surface area contributed by atoms with Gasteiger partial charge in [0.2, 0.25) is 5.60 Å². The molecular formula is C35H36N2O6. The van der Waals surface area contributed by atoms with Crippen LogP contribution in [0.4, 0.5) is 4.79 Å². The summed E-state index contributed by atoms with van der Waals surface area (Å²) in [7, 11) is 1.83. The van der Waals surface area contributed by atoms with Crippen LogP contribution in [0.15, 0.2) is 109 Å². The van der Waals surface area contributed by atoms with Crippen LogP contribution in [0.1, 0.15) is 24.5 Å². The lowest BCUT2D eigenvalue weighted by Crippen LogP contribution is -2.43. The monoisotopic (exact) mass is 580 g/mol. The molecule has 5 rings (SSSR count). The molecule has 43 heavy (non-hydrogen) atoms. The maximum atomic E-state index is 13.0. The highest BCUT2D eigenvalue weighted by Crippen LogP contribution is 2.26. The number of nitrogens with zero attached hydrogens (tertiary/aromatic N) is 2. The minimum absolute atomic E-state index is 0.0112. The van der Waals surface area contributed by atoms with Gasteiger partial charge in [-0.05, 0) is 66.6 Å². The van der Waals surface area contributed by atoms with Gasteiger partial charge in [-0.1, -0.05) is 60.7 Å². The van der Waals surface area contributed by atoms with Crippen molar-refractivity contribution in [2.75, 3.05) is 20.2 Å². The Hall–Kier alpha value is -4.98. The maximum absolute atomic E-state index is 13.0. The van der Waals surface area contributed by atoms with Crippen molar-refractivity contribution in [2.45, 2.75) is 38.0 Å². The lowest BCUT2D eigenvalue weighted by atomic mass is 9.96. The average Bonchev–Trinajstić information content (AvgIpc) is 3.27. The number of para-hydroxylation sites is 2. The average molecular weight is 581 g/mol. The van der Waals surface area contributed by atoms with E-state index in [1.54, 1.807) is 24.0 Å². The summed E-state index contributed by atoms with van der Waals surface area (Å²) >= 11 is 0. The second-order valence-corrected chi connectivity index (χ2v) is 10.9. The fraction of sp³-hybridized carbons (Fsp3) is 0.257. The topological polar surface area (TPSA) is 88.5 Å². The van der Waals surface area contributed by atoms with Crippen molar-refractivity contribution in [2.24, 2.45) is 0 Å². The van der Waals surface area contributed by atoms with Gasteiger partial charge in [-0.15, -0.1) is 0 Å². The van der Waals surface area contributed by atoms with Crippen molar-refractivity contribution in [1.82, 2.24) is 9.80 Å². The Morgan fingerprint density at radius 3 is 2.16 bits per heavy atom. The number of ether oxygens (including phenoxy) is 3. The van der Waals surface area contributed by atoms with E-state index in [0.29, 0.717) is 37.6 Å². The second kappa shape index (κ2) is 13.3. The van der Waals surface area contributed by atoms with Crippen LogP contribution in [0.3, 0.4) is 0 Å². The first-order valence-electron chi connectivity index (χ1n) is 14.3. The minimum Gasteiger partial charge on any atom is -0.494 e. The predicted octanol–water partition coefficient (Wildman–Crippen LogP) is 6.65. The van der Waals surface area contributed by atoms with Crippen LogP contribution in [0, 0.1) is 0 Å². The lowest BCUT2D eigenvalue weighted by Gasteiger charge is -2.26. The molecule has 2 atom stereocenters. The first kappa shape index (κ1) is 29.5. The molecule has 1 N–H and O–H groups in total. The molecule has 4 aromatic carbocycles. The van der Waals surface area contributed by atoms with E-state index in [2.05, 4.69) is 0 Å². The first-order chi connectivity index (χ1) is 20.8. The van der Waals surface area contributed by atoms with Gasteiger partial charge in [-0.3, -0.25) is 0 Å². The zero-order chi connectivity index (χ0) is 30.2. The number of rotatable bonds is 13. The fourth-order valence-corrected chi connectivity index (χ4v) is 5.11. The van der Waals surface area contributed by atoms with E-state index in [9.17, 15) is 14.7 Å². The van der Waals surface area contributed by atoms with Gasteiger partial charge < -0.3 is 29.1 Å². The summed E-state index contributed by atoms with van der Waals surface area (Å²) in [5.74, 6) is 1.66. The Balaban J connectivity index is 1.11.